The second-order valence-corrected chi connectivity index (χ2v) is 8.10. The van der Waals surface area contributed by atoms with Gasteiger partial charge in [-0.05, 0) is 25.0 Å². The van der Waals surface area contributed by atoms with Gasteiger partial charge in [0.05, 0.1) is 11.5 Å². The Balaban J connectivity index is 1.92. The minimum Gasteiger partial charge on any atom is -0.481 e. The van der Waals surface area contributed by atoms with E-state index in [0.717, 1.165) is 30.8 Å². The van der Waals surface area contributed by atoms with E-state index in [0.29, 0.717) is 6.61 Å². The molecule has 0 radical (unpaired) electrons. The molecule has 104 valence electrons. The minimum absolute atomic E-state index is 0.0737. The van der Waals surface area contributed by atoms with Crippen LogP contribution in [0.1, 0.15) is 26.2 Å². The van der Waals surface area contributed by atoms with Crippen LogP contribution in [0, 0.1) is 5.92 Å². The SMILES string of the molecule is CC(CS(=O)C1CCOC2(CCSC2)C1)C(=O)O. The lowest BCUT2D eigenvalue weighted by molar-refractivity contribution is -0.140. The van der Waals surface area contributed by atoms with Gasteiger partial charge in [-0.1, -0.05) is 6.92 Å². The quantitative estimate of drug-likeness (QED) is 0.851. The van der Waals surface area contributed by atoms with Crippen LogP contribution in [-0.2, 0) is 20.3 Å². The van der Waals surface area contributed by atoms with Gasteiger partial charge in [-0.3, -0.25) is 9.00 Å². The zero-order valence-electron chi connectivity index (χ0n) is 10.6. The number of carbonyl (C=O) groups is 1. The molecule has 0 bridgehead atoms. The lowest BCUT2D eigenvalue weighted by atomic mass is 9.93. The van der Waals surface area contributed by atoms with Gasteiger partial charge in [0, 0.05) is 34.2 Å². The van der Waals surface area contributed by atoms with Crippen molar-refractivity contribution in [3.05, 3.63) is 0 Å². The van der Waals surface area contributed by atoms with E-state index in [9.17, 15) is 9.00 Å². The monoisotopic (exact) mass is 292 g/mol. The summed E-state index contributed by atoms with van der Waals surface area (Å²) >= 11 is 1.89. The number of rotatable bonds is 4. The molecule has 2 heterocycles. The van der Waals surface area contributed by atoms with E-state index in [4.69, 9.17) is 9.84 Å². The molecule has 2 fully saturated rings. The van der Waals surface area contributed by atoms with Gasteiger partial charge in [-0.15, -0.1) is 0 Å². The maximum absolute atomic E-state index is 12.2. The van der Waals surface area contributed by atoms with Crippen molar-refractivity contribution in [2.75, 3.05) is 23.9 Å². The van der Waals surface area contributed by atoms with Gasteiger partial charge in [0.25, 0.3) is 0 Å². The Hall–Kier alpha value is -0.0700. The van der Waals surface area contributed by atoms with E-state index >= 15 is 0 Å². The Labute approximate surface area is 114 Å². The van der Waals surface area contributed by atoms with Crippen molar-refractivity contribution in [1.82, 2.24) is 0 Å². The van der Waals surface area contributed by atoms with Crippen molar-refractivity contribution in [2.45, 2.75) is 37.0 Å². The maximum atomic E-state index is 12.2. The highest BCUT2D eigenvalue weighted by Crippen LogP contribution is 2.39. The van der Waals surface area contributed by atoms with Gasteiger partial charge in [0.2, 0.25) is 0 Å². The van der Waals surface area contributed by atoms with E-state index in [-0.39, 0.29) is 16.6 Å². The van der Waals surface area contributed by atoms with Gasteiger partial charge in [0.1, 0.15) is 0 Å². The molecule has 18 heavy (non-hydrogen) atoms. The molecule has 6 heteroatoms. The third-order valence-corrected chi connectivity index (χ3v) is 6.92. The summed E-state index contributed by atoms with van der Waals surface area (Å²) in [5.41, 5.74) is -0.0737. The molecule has 2 aliphatic rings. The van der Waals surface area contributed by atoms with Crippen LogP contribution in [0.25, 0.3) is 0 Å². The Morgan fingerprint density at radius 2 is 2.44 bits per heavy atom. The normalized spacial score (nSPS) is 35.5. The van der Waals surface area contributed by atoms with Crippen LogP contribution in [-0.4, -0.2) is 50.0 Å². The van der Waals surface area contributed by atoms with Crippen molar-refractivity contribution in [3.8, 4) is 0 Å². The highest BCUT2D eigenvalue weighted by molar-refractivity contribution is 7.99. The summed E-state index contributed by atoms with van der Waals surface area (Å²) in [4.78, 5) is 10.8. The Morgan fingerprint density at radius 1 is 1.67 bits per heavy atom. The van der Waals surface area contributed by atoms with E-state index in [1.807, 2.05) is 11.8 Å². The van der Waals surface area contributed by atoms with Gasteiger partial charge < -0.3 is 9.84 Å². The molecule has 2 rings (SSSR count). The van der Waals surface area contributed by atoms with Crippen LogP contribution in [0.5, 0.6) is 0 Å². The third-order valence-electron chi connectivity index (χ3n) is 3.72. The first-order valence-corrected chi connectivity index (χ1v) is 8.88. The fraction of sp³-hybridized carbons (Fsp3) is 0.917. The van der Waals surface area contributed by atoms with Gasteiger partial charge in [-0.25, -0.2) is 0 Å². The molecule has 0 aromatic rings. The predicted molar refractivity (Wildman–Crippen MR) is 73.5 cm³/mol. The molecule has 1 N–H and O–H groups in total. The summed E-state index contributed by atoms with van der Waals surface area (Å²) in [6.45, 7) is 2.29. The van der Waals surface area contributed by atoms with E-state index < -0.39 is 22.7 Å². The van der Waals surface area contributed by atoms with Crippen LogP contribution in [0.4, 0.5) is 0 Å². The molecule has 4 unspecified atom stereocenters. The molecule has 2 saturated heterocycles. The van der Waals surface area contributed by atoms with Crippen molar-refractivity contribution < 1.29 is 18.8 Å². The lowest BCUT2D eigenvalue weighted by Gasteiger charge is -2.37. The van der Waals surface area contributed by atoms with Crippen molar-refractivity contribution >= 4 is 28.5 Å². The summed E-state index contributed by atoms with van der Waals surface area (Å²) in [6.07, 6.45) is 2.67. The van der Waals surface area contributed by atoms with Gasteiger partial charge in [-0.2, -0.15) is 11.8 Å². The second-order valence-electron chi connectivity index (χ2n) is 5.24. The number of aliphatic carboxylic acids is 1. The topological polar surface area (TPSA) is 63.6 Å². The van der Waals surface area contributed by atoms with Crippen LogP contribution in [0.2, 0.25) is 0 Å². The summed E-state index contributed by atoms with van der Waals surface area (Å²) < 4.78 is 18.1. The predicted octanol–water partition coefficient (Wildman–Crippen LogP) is 1.51. The first-order valence-electron chi connectivity index (χ1n) is 6.34. The molecule has 0 amide bonds. The molecule has 0 aromatic carbocycles. The number of hydrogen-bond donors (Lipinski definition) is 1. The Kier molecular flexibility index (Phi) is 4.72. The van der Waals surface area contributed by atoms with Gasteiger partial charge in [0.15, 0.2) is 0 Å². The zero-order valence-corrected chi connectivity index (χ0v) is 12.2. The fourth-order valence-electron chi connectivity index (χ4n) is 2.52. The minimum atomic E-state index is -1.05. The van der Waals surface area contributed by atoms with Crippen molar-refractivity contribution in [1.29, 1.82) is 0 Å². The van der Waals surface area contributed by atoms with Crippen molar-refractivity contribution in [3.63, 3.8) is 0 Å². The molecule has 1 spiro atoms. The first kappa shape index (κ1) is 14.3. The number of carboxylic acids is 1. The van der Waals surface area contributed by atoms with Crippen LogP contribution >= 0.6 is 11.8 Å². The molecule has 0 aromatic heterocycles. The molecule has 4 nitrogen and oxygen atoms in total. The fourth-order valence-corrected chi connectivity index (χ4v) is 5.66. The van der Waals surface area contributed by atoms with E-state index in [1.165, 1.54) is 0 Å². The summed E-state index contributed by atoms with van der Waals surface area (Å²) in [7, 11) is -1.05. The molecular weight excluding hydrogens is 272 g/mol. The van der Waals surface area contributed by atoms with Gasteiger partial charge >= 0.3 is 5.97 Å². The van der Waals surface area contributed by atoms with E-state index in [1.54, 1.807) is 6.92 Å². The molecule has 0 aliphatic carbocycles. The molecule has 0 saturated carbocycles. The van der Waals surface area contributed by atoms with Crippen molar-refractivity contribution in [2.24, 2.45) is 5.92 Å². The number of thioether (sulfide) groups is 1. The standard InChI is InChI=1S/C12H20O4S2/c1-9(11(13)14)7-18(15)10-2-4-16-12(6-10)3-5-17-8-12/h9-10H,2-8H2,1H3,(H,13,14). The summed E-state index contributed by atoms with van der Waals surface area (Å²) in [6, 6.07) is 0. The average Bonchev–Trinajstić information content (AvgIpc) is 2.77. The molecule has 4 atom stereocenters. The second kappa shape index (κ2) is 5.92. The van der Waals surface area contributed by atoms with Crippen LogP contribution in [0.3, 0.4) is 0 Å². The lowest BCUT2D eigenvalue weighted by Crippen LogP contribution is -2.44. The largest absolute Gasteiger partial charge is 0.481 e. The number of carboxylic acid groups (broad SMARTS) is 1. The first-order chi connectivity index (χ1) is 8.52. The van der Waals surface area contributed by atoms with E-state index in [2.05, 4.69) is 0 Å². The zero-order chi connectivity index (χ0) is 13.2. The summed E-state index contributed by atoms with van der Waals surface area (Å²) in [5, 5.41) is 8.98. The number of hydrogen-bond acceptors (Lipinski definition) is 4. The number of ether oxygens (including phenoxy) is 1. The highest BCUT2D eigenvalue weighted by atomic mass is 32.2. The summed E-state index contributed by atoms with van der Waals surface area (Å²) in [5.74, 6) is 0.993. The Bertz CT molecular complexity index is 339. The molecular formula is C12H20O4S2. The average molecular weight is 292 g/mol. The smallest absolute Gasteiger partial charge is 0.307 e. The Morgan fingerprint density at radius 3 is 3.06 bits per heavy atom. The highest BCUT2D eigenvalue weighted by Gasteiger charge is 2.42. The maximum Gasteiger partial charge on any atom is 0.307 e. The molecule has 2 aliphatic heterocycles. The van der Waals surface area contributed by atoms with Crippen LogP contribution in [0.15, 0.2) is 0 Å². The third kappa shape index (κ3) is 3.27. The van der Waals surface area contributed by atoms with Crippen LogP contribution < -0.4 is 0 Å².